The second-order valence-electron chi connectivity index (χ2n) is 4.32. The molecule has 19 heavy (non-hydrogen) atoms. The molecule has 1 heterocycles. The summed E-state index contributed by atoms with van der Waals surface area (Å²) in [6, 6.07) is 7.72. The van der Waals surface area contributed by atoms with Crippen molar-refractivity contribution in [3.8, 4) is 11.5 Å². The second kappa shape index (κ2) is 5.69. The normalized spacial score (nSPS) is 10.5. The number of pyridine rings is 1. The van der Waals surface area contributed by atoms with Crippen molar-refractivity contribution < 1.29 is 18.8 Å². The fraction of sp³-hybridized carbons (Fsp3) is 0.267. The molecule has 2 rings (SSSR count). The van der Waals surface area contributed by atoms with Gasteiger partial charge in [-0.05, 0) is 24.6 Å². The maximum Gasteiger partial charge on any atom is 0.229 e. The Hall–Kier alpha value is -2.10. The fourth-order valence-corrected chi connectivity index (χ4v) is 1.92. The first-order valence-corrected chi connectivity index (χ1v) is 6.21. The Bertz CT molecular complexity index is 567. The molecule has 0 fully saturated rings. The van der Waals surface area contributed by atoms with Crippen molar-refractivity contribution in [1.82, 2.24) is 0 Å². The van der Waals surface area contributed by atoms with E-state index < -0.39 is 0 Å². The smallest absolute Gasteiger partial charge is 0.229 e. The SMILES string of the molecule is CC[n+]1ccc(O)c(OCc2ccc(F)cc2)c1C. The molecule has 0 atom stereocenters. The molecule has 1 aromatic carbocycles. The molecule has 1 aromatic heterocycles. The second-order valence-corrected chi connectivity index (χ2v) is 4.32. The Labute approximate surface area is 111 Å². The van der Waals surface area contributed by atoms with Crippen LogP contribution in [0.3, 0.4) is 0 Å². The lowest BCUT2D eigenvalue weighted by atomic mass is 10.2. The Balaban J connectivity index is 2.17. The molecule has 0 aliphatic carbocycles. The first kappa shape index (κ1) is 13.3. The molecule has 1 N–H and O–H groups in total. The highest BCUT2D eigenvalue weighted by atomic mass is 19.1. The average molecular weight is 262 g/mol. The van der Waals surface area contributed by atoms with Crippen molar-refractivity contribution >= 4 is 0 Å². The molecule has 100 valence electrons. The molecule has 0 amide bonds. The van der Waals surface area contributed by atoms with E-state index in [-0.39, 0.29) is 11.6 Å². The quantitative estimate of drug-likeness (QED) is 0.859. The maximum atomic E-state index is 12.8. The maximum absolute atomic E-state index is 12.8. The molecule has 0 radical (unpaired) electrons. The van der Waals surface area contributed by atoms with E-state index in [0.717, 1.165) is 17.8 Å². The van der Waals surface area contributed by atoms with Crippen LogP contribution in [-0.4, -0.2) is 5.11 Å². The first-order valence-electron chi connectivity index (χ1n) is 6.21. The Kier molecular flexibility index (Phi) is 4.00. The molecule has 2 aromatic rings. The number of nitrogens with zero attached hydrogens (tertiary/aromatic N) is 1. The van der Waals surface area contributed by atoms with Gasteiger partial charge < -0.3 is 9.84 Å². The number of aromatic hydroxyl groups is 1. The Morgan fingerprint density at radius 2 is 1.89 bits per heavy atom. The molecular weight excluding hydrogens is 245 g/mol. The highest BCUT2D eigenvalue weighted by Gasteiger charge is 2.16. The van der Waals surface area contributed by atoms with E-state index >= 15 is 0 Å². The van der Waals surface area contributed by atoms with Gasteiger partial charge in [0.05, 0.1) is 0 Å². The summed E-state index contributed by atoms with van der Waals surface area (Å²) in [6.45, 7) is 5.01. The number of hydrogen-bond acceptors (Lipinski definition) is 2. The van der Waals surface area contributed by atoms with Crippen LogP contribution in [0.2, 0.25) is 0 Å². The number of ether oxygens (including phenoxy) is 1. The largest absolute Gasteiger partial charge is 0.504 e. The van der Waals surface area contributed by atoms with Crippen molar-refractivity contribution in [3.05, 3.63) is 53.6 Å². The van der Waals surface area contributed by atoms with E-state index in [9.17, 15) is 9.50 Å². The predicted octanol–water partition coefficient (Wildman–Crippen LogP) is 2.73. The molecule has 0 spiro atoms. The number of rotatable bonds is 4. The molecule has 0 saturated heterocycles. The van der Waals surface area contributed by atoms with Gasteiger partial charge in [-0.1, -0.05) is 12.1 Å². The van der Waals surface area contributed by atoms with Gasteiger partial charge in [-0.15, -0.1) is 0 Å². The zero-order chi connectivity index (χ0) is 13.8. The minimum atomic E-state index is -0.272. The lowest BCUT2D eigenvalue weighted by Gasteiger charge is -2.09. The number of benzene rings is 1. The number of halogens is 1. The van der Waals surface area contributed by atoms with E-state index in [1.807, 2.05) is 24.6 Å². The summed E-state index contributed by atoms with van der Waals surface area (Å²) in [5.74, 6) is 0.310. The van der Waals surface area contributed by atoms with E-state index in [1.54, 1.807) is 18.2 Å². The van der Waals surface area contributed by atoms with Crippen molar-refractivity contribution in [2.75, 3.05) is 0 Å². The van der Waals surface area contributed by atoms with Crippen LogP contribution >= 0.6 is 0 Å². The van der Waals surface area contributed by atoms with Crippen LogP contribution in [0, 0.1) is 12.7 Å². The number of aromatic nitrogens is 1. The van der Waals surface area contributed by atoms with Gasteiger partial charge in [-0.25, -0.2) is 4.39 Å². The predicted molar refractivity (Wildman–Crippen MR) is 69.4 cm³/mol. The Morgan fingerprint density at radius 3 is 2.53 bits per heavy atom. The van der Waals surface area contributed by atoms with Gasteiger partial charge >= 0.3 is 0 Å². The van der Waals surface area contributed by atoms with E-state index in [4.69, 9.17) is 4.74 Å². The topological polar surface area (TPSA) is 33.3 Å². The highest BCUT2D eigenvalue weighted by molar-refractivity contribution is 5.38. The monoisotopic (exact) mass is 262 g/mol. The standard InChI is InChI=1S/C15H16FNO2/c1-3-17-9-8-14(18)15(11(17)2)19-10-12-4-6-13(16)7-5-12/h4-9H,3,10H2,1-2H3/p+1. The summed E-state index contributed by atoms with van der Waals surface area (Å²) in [5, 5.41) is 9.84. The minimum Gasteiger partial charge on any atom is -0.504 e. The Morgan fingerprint density at radius 1 is 1.21 bits per heavy atom. The van der Waals surface area contributed by atoms with Crippen LogP contribution in [-0.2, 0) is 13.2 Å². The number of aryl methyl sites for hydroxylation is 1. The van der Waals surface area contributed by atoms with Gasteiger partial charge in [0.15, 0.2) is 11.9 Å². The third kappa shape index (κ3) is 3.02. The van der Waals surface area contributed by atoms with Crippen molar-refractivity contribution in [1.29, 1.82) is 0 Å². The van der Waals surface area contributed by atoms with Crippen LogP contribution < -0.4 is 9.30 Å². The van der Waals surface area contributed by atoms with Crippen molar-refractivity contribution in [2.45, 2.75) is 27.0 Å². The summed E-state index contributed by atoms with van der Waals surface area (Å²) in [5.41, 5.74) is 1.72. The van der Waals surface area contributed by atoms with Crippen molar-refractivity contribution in [3.63, 3.8) is 0 Å². The van der Waals surface area contributed by atoms with Crippen LogP contribution in [0.25, 0.3) is 0 Å². The summed E-state index contributed by atoms with van der Waals surface area (Å²) >= 11 is 0. The van der Waals surface area contributed by atoms with E-state index in [1.165, 1.54) is 12.1 Å². The van der Waals surface area contributed by atoms with E-state index in [2.05, 4.69) is 0 Å². The van der Waals surface area contributed by atoms with Gasteiger partial charge in [0.2, 0.25) is 11.4 Å². The van der Waals surface area contributed by atoms with Gasteiger partial charge in [0.1, 0.15) is 19.0 Å². The van der Waals surface area contributed by atoms with Crippen LogP contribution in [0.4, 0.5) is 4.39 Å². The molecular formula is C15H17FNO2+. The summed E-state index contributed by atoms with van der Waals surface area (Å²) < 4.78 is 20.4. The first-order chi connectivity index (χ1) is 9.11. The fourth-order valence-electron chi connectivity index (χ4n) is 1.92. The van der Waals surface area contributed by atoms with Gasteiger partial charge in [0.25, 0.3) is 0 Å². The van der Waals surface area contributed by atoms with Gasteiger partial charge in [-0.2, -0.15) is 4.57 Å². The summed E-state index contributed by atoms with van der Waals surface area (Å²) in [4.78, 5) is 0. The highest BCUT2D eigenvalue weighted by Crippen LogP contribution is 2.27. The van der Waals surface area contributed by atoms with Crippen LogP contribution in [0.5, 0.6) is 11.5 Å². The molecule has 0 aliphatic heterocycles. The summed E-state index contributed by atoms with van der Waals surface area (Å²) in [6.07, 6.45) is 1.81. The summed E-state index contributed by atoms with van der Waals surface area (Å²) in [7, 11) is 0. The van der Waals surface area contributed by atoms with Crippen molar-refractivity contribution in [2.24, 2.45) is 0 Å². The molecule has 0 bridgehead atoms. The molecule has 0 saturated carbocycles. The zero-order valence-electron chi connectivity index (χ0n) is 11.1. The number of hydrogen-bond donors (Lipinski definition) is 1. The molecule has 0 unspecified atom stereocenters. The lowest BCUT2D eigenvalue weighted by Crippen LogP contribution is -2.35. The zero-order valence-corrected chi connectivity index (χ0v) is 11.1. The van der Waals surface area contributed by atoms with Crippen LogP contribution in [0.15, 0.2) is 36.5 Å². The molecule has 4 heteroatoms. The molecule has 3 nitrogen and oxygen atoms in total. The van der Waals surface area contributed by atoms with Gasteiger partial charge in [-0.3, -0.25) is 0 Å². The van der Waals surface area contributed by atoms with Gasteiger partial charge in [0, 0.05) is 13.0 Å². The third-order valence-electron chi connectivity index (χ3n) is 3.04. The lowest BCUT2D eigenvalue weighted by molar-refractivity contribution is -0.699. The average Bonchev–Trinajstić information content (AvgIpc) is 2.41. The minimum absolute atomic E-state index is 0.115. The van der Waals surface area contributed by atoms with Crippen LogP contribution in [0.1, 0.15) is 18.2 Å². The van der Waals surface area contributed by atoms with E-state index in [0.29, 0.717) is 12.4 Å². The molecule has 0 aliphatic rings. The third-order valence-corrected chi connectivity index (χ3v) is 3.04.